The first-order valence-electron chi connectivity index (χ1n) is 6.09. The van der Waals surface area contributed by atoms with Gasteiger partial charge in [-0.05, 0) is 36.1 Å². The quantitative estimate of drug-likeness (QED) is 0.755. The summed E-state index contributed by atoms with van der Waals surface area (Å²) in [5.74, 6) is -0.257. The minimum absolute atomic E-state index is 0.136. The number of likely N-dealkylation sites (tertiary alicyclic amines) is 1. The molecule has 1 aromatic carbocycles. The molecule has 1 aromatic rings. The zero-order valence-electron chi connectivity index (χ0n) is 10.5. The second-order valence-electron chi connectivity index (χ2n) is 5.02. The highest BCUT2D eigenvalue weighted by atomic mass is 19.1. The minimum atomic E-state index is -0.389. The Bertz CT molecular complexity index is 467. The molecule has 1 unspecified atom stereocenters. The Morgan fingerprint density at radius 1 is 1.33 bits per heavy atom. The Hall–Kier alpha value is -1.71. The lowest BCUT2D eigenvalue weighted by Gasteiger charge is -2.16. The van der Waals surface area contributed by atoms with Gasteiger partial charge in [-0.3, -0.25) is 14.5 Å². The standard InChI is InChI=1S/C14H16FNO2/c1-9(2)11-7-13(17)16(8-11)14(18)10-3-5-12(15)6-4-10/h3-6,9,11H,7-8H2,1-2H3. The number of imide groups is 1. The Morgan fingerprint density at radius 2 is 1.94 bits per heavy atom. The number of halogens is 1. The molecule has 1 fully saturated rings. The molecular formula is C14H16FNO2. The number of rotatable bonds is 2. The van der Waals surface area contributed by atoms with Crippen LogP contribution < -0.4 is 0 Å². The van der Waals surface area contributed by atoms with Crippen molar-refractivity contribution in [3.8, 4) is 0 Å². The van der Waals surface area contributed by atoms with Crippen molar-refractivity contribution in [1.29, 1.82) is 0 Å². The Balaban J connectivity index is 2.15. The summed E-state index contributed by atoms with van der Waals surface area (Å²) in [7, 11) is 0. The highest BCUT2D eigenvalue weighted by Crippen LogP contribution is 2.26. The van der Waals surface area contributed by atoms with Crippen LogP contribution in [0.2, 0.25) is 0 Å². The van der Waals surface area contributed by atoms with Crippen LogP contribution in [0.5, 0.6) is 0 Å². The number of hydrogen-bond donors (Lipinski definition) is 0. The van der Waals surface area contributed by atoms with E-state index in [-0.39, 0.29) is 23.5 Å². The van der Waals surface area contributed by atoms with E-state index in [0.717, 1.165) is 0 Å². The maximum Gasteiger partial charge on any atom is 0.260 e. The van der Waals surface area contributed by atoms with Gasteiger partial charge in [0.1, 0.15) is 5.82 Å². The zero-order chi connectivity index (χ0) is 13.3. The summed E-state index contributed by atoms with van der Waals surface area (Å²) in [5.41, 5.74) is 0.356. The van der Waals surface area contributed by atoms with Gasteiger partial charge < -0.3 is 0 Å². The molecule has 1 saturated heterocycles. The van der Waals surface area contributed by atoms with Crippen LogP contribution in [0.4, 0.5) is 4.39 Å². The molecule has 1 heterocycles. The second-order valence-corrected chi connectivity index (χ2v) is 5.02. The first-order chi connectivity index (χ1) is 8.49. The van der Waals surface area contributed by atoms with Gasteiger partial charge >= 0.3 is 0 Å². The van der Waals surface area contributed by atoms with Crippen molar-refractivity contribution in [2.24, 2.45) is 11.8 Å². The van der Waals surface area contributed by atoms with Gasteiger partial charge in [-0.1, -0.05) is 13.8 Å². The average molecular weight is 249 g/mol. The first-order valence-corrected chi connectivity index (χ1v) is 6.09. The first kappa shape index (κ1) is 12.7. The Labute approximate surface area is 106 Å². The molecule has 0 bridgehead atoms. The maximum absolute atomic E-state index is 12.8. The number of carbonyl (C=O) groups is 2. The molecule has 2 rings (SSSR count). The molecule has 0 saturated carbocycles. The Morgan fingerprint density at radius 3 is 2.44 bits per heavy atom. The summed E-state index contributed by atoms with van der Waals surface area (Å²) in [5, 5.41) is 0. The molecular weight excluding hydrogens is 233 g/mol. The SMILES string of the molecule is CC(C)C1CC(=O)N(C(=O)c2ccc(F)cc2)C1. The summed E-state index contributed by atoms with van der Waals surface area (Å²) in [6.45, 7) is 4.56. The number of benzene rings is 1. The number of hydrogen-bond acceptors (Lipinski definition) is 2. The fourth-order valence-electron chi connectivity index (χ4n) is 2.13. The van der Waals surface area contributed by atoms with Crippen LogP contribution in [0, 0.1) is 17.7 Å². The van der Waals surface area contributed by atoms with Crippen LogP contribution >= 0.6 is 0 Å². The molecule has 1 atom stereocenters. The van der Waals surface area contributed by atoms with Gasteiger partial charge in [0.2, 0.25) is 5.91 Å². The molecule has 0 aliphatic carbocycles. The van der Waals surface area contributed by atoms with Crippen molar-refractivity contribution in [2.45, 2.75) is 20.3 Å². The van der Waals surface area contributed by atoms with Crippen LogP contribution in [0.3, 0.4) is 0 Å². The molecule has 4 heteroatoms. The maximum atomic E-state index is 12.8. The van der Waals surface area contributed by atoms with Crippen LogP contribution in [-0.2, 0) is 4.79 Å². The van der Waals surface area contributed by atoms with Crippen molar-refractivity contribution in [3.63, 3.8) is 0 Å². The van der Waals surface area contributed by atoms with Gasteiger partial charge in [0.25, 0.3) is 5.91 Å². The van der Waals surface area contributed by atoms with Crippen LogP contribution in [0.1, 0.15) is 30.6 Å². The molecule has 0 aromatic heterocycles. The van der Waals surface area contributed by atoms with E-state index < -0.39 is 0 Å². The third kappa shape index (κ3) is 2.42. The van der Waals surface area contributed by atoms with Crippen molar-refractivity contribution in [3.05, 3.63) is 35.6 Å². The van der Waals surface area contributed by atoms with Crippen LogP contribution in [-0.4, -0.2) is 23.3 Å². The highest BCUT2D eigenvalue weighted by molar-refractivity contribution is 6.05. The fraction of sp³-hybridized carbons (Fsp3) is 0.429. The monoisotopic (exact) mass is 249 g/mol. The summed E-state index contributed by atoms with van der Waals surface area (Å²) in [6, 6.07) is 5.28. The minimum Gasteiger partial charge on any atom is -0.278 e. The number of carbonyl (C=O) groups excluding carboxylic acids is 2. The van der Waals surface area contributed by atoms with E-state index >= 15 is 0 Å². The molecule has 0 spiro atoms. The van der Waals surface area contributed by atoms with Gasteiger partial charge in [0.15, 0.2) is 0 Å². The van der Waals surface area contributed by atoms with E-state index in [9.17, 15) is 14.0 Å². The molecule has 2 amide bonds. The topological polar surface area (TPSA) is 37.4 Å². The smallest absolute Gasteiger partial charge is 0.260 e. The van der Waals surface area contributed by atoms with Crippen LogP contribution in [0.15, 0.2) is 24.3 Å². The van der Waals surface area contributed by atoms with Crippen molar-refractivity contribution >= 4 is 11.8 Å². The summed E-state index contributed by atoms with van der Waals surface area (Å²) in [4.78, 5) is 25.2. The molecule has 3 nitrogen and oxygen atoms in total. The Kier molecular flexibility index (Phi) is 3.45. The highest BCUT2D eigenvalue weighted by Gasteiger charge is 2.35. The lowest BCUT2D eigenvalue weighted by atomic mass is 9.95. The normalized spacial score (nSPS) is 19.7. The molecule has 1 aliphatic rings. The summed E-state index contributed by atoms with van der Waals surface area (Å²) >= 11 is 0. The predicted octanol–water partition coefficient (Wildman–Crippen LogP) is 2.47. The van der Waals surface area contributed by atoms with E-state index in [2.05, 4.69) is 0 Å². The lowest BCUT2D eigenvalue weighted by Crippen LogP contribution is -2.32. The van der Waals surface area contributed by atoms with Crippen molar-refractivity contribution in [2.75, 3.05) is 6.54 Å². The third-order valence-electron chi connectivity index (χ3n) is 3.43. The molecule has 0 radical (unpaired) electrons. The van der Waals surface area contributed by atoms with Gasteiger partial charge in [-0.15, -0.1) is 0 Å². The van der Waals surface area contributed by atoms with E-state index in [4.69, 9.17) is 0 Å². The molecule has 1 aliphatic heterocycles. The largest absolute Gasteiger partial charge is 0.278 e. The molecule has 96 valence electrons. The van der Waals surface area contributed by atoms with Gasteiger partial charge in [-0.25, -0.2) is 4.39 Å². The van der Waals surface area contributed by atoms with E-state index in [1.54, 1.807) is 0 Å². The molecule has 0 N–H and O–H groups in total. The zero-order valence-corrected chi connectivity index (χ0v) is 10.5. The molecule has 18 heavy (non-hydrogen) atoms. The summed E-state index contributed by atoms with van der Waals surface area (Å²) < 4.78 is 12.8. The van der Waals surface area contributed by atoms with E-state index in [1.807, 2.05) is 13.8 Å². The van der Waals surface area contributed by atoms with Crippen molar-refractivity contribution in [1.82, 2.24) is 4.90 Å². The van der Waals surface area contributed by atoms with Crippen LogP contribution in [0.25, 0.3) is 0 Å². The van der Waals surface area contributed by atoms with Crippen molar-refractivity contribution < 1.29 is 14.0 Å². The third-order valence-corrected chi connectivity index (χ3v) is 3.43. The number of nitrogens with zero attached hydrogens (tertiary/aromatic N) is 1. The van der Waals surface area contributed by atoms with Gasteiger partial charge in [-0.2, -0.15) is 0 Å². The second kappa shape index (κ2) is 4.88. The van der Waals surface area contributed by atoms with E-state index in [0.29, 0.717) is 24.4 Å². The fourth-order valence-corrected chi connectivity index (χ4v) is 2.13. The van der Waals surface area contributed by atoms with E-state index in [1.165, 1.54) is 29.2 Å². The lowest BCUT2D eigenvalue weighted by molar-refractivity contribution is -0.125. The summed E-state index contributed by atoms with van der Waals surface area (Å²) in [6.07, 6.45) is 0.421. The average Bonchev–Trinajstić information content (AvgIpc) is 2.71. The van der Waals surface area contributed by atoms with Gasteiger partial charge in [0, 0.05) is 18.5 Å². The number of amides is 2. The van der Waals surface area contributed by atoms with Gasteiger partial charge in [0.05, 0.1) is 0 Å². The predicted molar refractivity (Wildman–Crippen MR) is 65.4 cm³/mol.